The molecule has 4 atom stereocenters. The van der Waals surface area contributed by atoms with Gasteiger partial charge in [-0.05, 0) is 23.8 Å². The summed E-state index contributed by atoms with van der Waals surface area (Å²) >= 11 is 0. The molecule has 0 bridgehead atoms. The number of hydrogen-bond acceptors (Lipinski definition) is 11. The van der Waals surface area contributed by atoms with E-state index in [0.29, 0.717) is 0 Å². The zero-order valence-corrected chi connectivity index (χ0v) is 21.2. The Morgan fingerprint density at radius 3 is 2.67 bits per heavy atom. The van der Waals surface area contributed by atoms with Crippen LogP contribution in [0.25, 0.3) is 0 Å². The van der Waals surface area contributed by atoms with Gasteiger partial charge < -0.3 is 20.3 Å². The van der Waals surface area contributed by atoms with Crippen LogP contribution in [-0.4, -0.2) is 81.9 Å². The fourth-order valence-electron chi connectivity index (χ4n) is 3.97. The predicted molar refractivity (Wildman–Crippen MR) is 127 cm³/mol. The summed E-state index contributed by atoms with van der Waals surface area (Å²) < 4.78 is 86.3. The first-order valence-corrected chi connectivity index (χ1v) is 12.8. The number of alkyl halides is 3. The molecular formula is C22H22F4N6O7S. The lowest BCUT2D eigenvalue weighted by Crippen LogP contribution is -2.38. The lowest BCUT2D eigenvalue weighted by Gasteiger charge is -2.19. The molecule has 40 heavy (non-hydrogen) atoms. The largest absolute Gasteiger partial charge is 0.573 e. The van der Waals surface area contributed by atoms with Crippen LogP contribution in [0.5, 0.6) is 5.75 Å². The number of aromatic nitrogens is 4. The molecule has 18 heteroatoms. The molecule has 4 rings (SSSR count). The van der Waals surface area contributed by atoms with Crippen LogP contribution in [0.3, 0.4) is 0 Å². The van der Waals surface area contributed by atoms with E-state index in [4.69, 9.17) is 4.18 Å². The third-order valence-electron chi connectivity index (χ3n) is 5.85. The molecule has 1 aliphatic carbocycles. The number of ether oxygens (including phenoxy) is 1. The molecule has 0 radical (unpaired) electrons. The second-order valence-corrected chi connectivity index (χ2v) is 10.1. The van der Waals surface area contributed by atoms with Crippen molar-refractivity contribution in [3.63, 3.8) is 0 Å². The standard InChI is InChI=1S/C22H22F4N6O7S/c1-27-40(36,37)39-17-7-15(19(34)20(17)35)30-21-12(8-28-10-29-21)18(33)14-4-5-32(31-14)9-11-2-3-13(23)16(6-11)38-22(24,25)26/h2-6,8,10,15,17,19-20,27,34-35H,7,9H2,1H3,(H,28,29,30)/t15-,17-,19+,20+/m1/s1. The predicted octanol–water partition coefficient (Wildman–Crippen LogP) is 0.745. The first kappa shape index (κ1) is 29.3. The van der Waals surface area contributed by atoms with Crippen molar-refractivity contribution in [3.05, 3.63) is 65.6 Å². The highest BCUT2D eigenvalue weighted by atomic mass is 32.2. The summed E-state index contributed by atoms with van der Waals surface area (Å²) in [4.78, 5) is 21.0. The molecule has 0 amide bonds. The molecule has 1 aromatic carbocycles. The molecule has 0 spiro atoms. The zero-order chi connectivity index (χ0) is 29.2. The van der Waals surface area contributed by atoms with Crippen LogP contribution in [0.15, 0.2) is 43.0 Å². The Morgan fingerprint density at radius 2 is 1.98 bits per heavy atom. The van der Waals surface area contributed by atoms with Crippen molar-refractivity contribution in [1.82, 2.24) is 24.5 Å². The fraction of sp³-hybridized carbons (Fsp3) is 0.364. The normalized spacial score (nSPS) is 21.4. The molecule has 216 valence electrons. The quantitative estimate of drug-likeness (QED) is 0.193. The maximum Gasteiger partial charge on any atom is 0.573 e. The summed E-state index contributed by atoms with van der Waals surface area (Å²) in [5, 5.41) is 27.5. The molecule has 1 fully saturated rings. The first-order chi connectivity index (χ1) is 18.8. The minimum absolute atomic E-state index is 0.0459. The van der Waals surface area contributed by atoms with Crippen LogP contribution in [0.2, 0.25) is 0 Å². The van der Waals surface area contributed by atoms with Crippen LogP contribution in [-0.2, 0) is 21.0 Å². The second kappa shape index (κ2) is 11.4. The van der Waals surface area contributed by atoms with Crippen molar-refractivity contribution in [2.45, 2.75) is 43.7 Å². The Labute approximate surface area is 224 Å². The lowest BCUT2D eigenvalue weighted by molar-refractivity contribution is -0.275. The Kier molecular flexibility index (Phi) is 8.36. The summed E-state index contributed by atoms with van der Waals surface area (Å²) in [6.45, 7) is -0.124. The van der Waals surface area contributed by atoms with Gasteiger partial charge in [0.05, 0.1) is 18.2 Å². The molecule has 2 heterocycles. The van der Waals surface area contributed by atoms with Crippen LogP contribution in [0.1, 0.15) is 28.0 Å². The molecule has 0 saturated heterocycles. The summed E-state index contributed by atoms with van der Waals surface area (Å²) in [5.41, 5.74) is 0.0309. The maximum atomic E-state index is 13.7. The number of aliphatic hydroxyl groups is 2. The number of carbonyl (C=O) groups is 1. The minimum Gasteiger partial charge on any atom is -0.403 e. The highest BCUT2D eigenvalue weighted by Crippen LogP contribution is 2.29. The number of halogens is 4. The number of nitrogens with zero attached hydrogens (tertiary/aromatic N) is 4. The summed E-state index contributed by atoms with van der Waals surface area (Å²) in [6.07, 6.45) is -5.90. The van der Waals surface area contributed by atoms with Crippen LogP contribution in [0, 0.1) is 5.82 Å². The Balaban J connectivity index is 1.49. The van der Waals surface area contributed by atoms with Crippen LogP contribution >= 0.6 is 0 Å². The summed E-state index contributed by atoms with van der Waals surface area (Å²) in [7, 11) is -3.05. The number of rotatable bonds is 10. The number of anilines is 1. The Hall–Kier alpha value is -3.71. The van der Waals surface area contributed by atoms with Gasteiger partial charge in [0, 0.05) is 25.9 Å². The SMILES string of the molecule is CNS(=O)(=O)O[C@@H]1C[C@@H](Nc2ncncc2C(=O)c2ccn(Cc3ccc(F)c(OC(F)(F)F)c3)n2)[C@H](O)[C@H]1O. The van der Waals surface area contributed by atoms with Gasteiger partial charge in [0.15, 0.2) is 11.6 Å². The number of ketones is 1. The van der Waals surface area contributed by atoms with Gasteiger partial charge in [-0.1, -0.05) is 6.07 Å². The highest BCUT2D eigenvalue weighted by molar-refractivity contribution is 7.84. The van der Waals surface area contributed by atoms with Gasteiger partial charge in [0.1, 0.15) is 36.2 Å². The van der Waals surface area contributed by atoms with Gasteiger partial charge in [-0.2, -0.15) is 18.2 Å². The second-order valence-electron chi connectivity index (χ2n) is 8.59. The van der Waals surface area contributed by atoms with E-state index in [1.165, 1.54) is 29.2 Å². The van der Waals surface area contributed by atoms with Gasteiger partial charge in [0.25, 0.3) is 0 Å². The number of nitrogens with one attached hydrogen (secondary N) is 2. The molecule has 13 nitrogen and oxygen atoms in total. The molecule has 1 aliphatic rings. The van der Waals surface area contributed by atoms with Gasteiger partial charge in [0.2, 0.25) is 5.78 Å². The van der Waals surface area contributed by atoms with E-state index in [0.717, 1.165) is 25.5 Å². The Morgan fingerprint density at radius 1 is 1.23 bits per heavy atom. The molecule has 0 aliphatic heterocycles. The third-order valence-corrected chi connectivity index (χ3v) is 6.85. The van der Waals surface area contributed by atoms with Crippen molar-refractivity contribution in [3.8, 4) is 5.75 Å². The van der Waals surface area contributed by atoms with Crippen molar-refractivity contribution in [1.29, 1.82) is 0 Å². The van der Waals surface area contributed by atoms with E-state index >= 15 is 0 Å². The minimum atomic E-state index is -5.08. The van der Waals surface area contributed by atoms with Gasteiger partial charge >= 0.3 is 16.7 Å². The van der Waals surface area contributed by atoms with Crippen molar-refractivity contribution >= 4 is 21.9 Å². The van der Waals surface area contributed by atoms with Crippen molar-refractivity contribution < 1.29 is 49.9 Å². The summed E-state index contributed by atoms with van der Waals surface area (Å²) in [5.74, 6) is -2.93. The Bertz CT molecular complexity index is 1490. The van der Waals surface area contributed by atoms with Crippen LogP contribution in [0.4, 0.5) is 23.4 Å². The highest BCUT2D eigenvalue weighted by Gasteiger charge is 2.44. The molecule has 1 saturated carbocycles. The van der Waals surface area contributed by atoms with Crippen molar-refractivity contribution in [2.24, 2.45) is 0 Å². The number of aliphatic hydroxyl groups excluding tert-OH is 2. The smallest absolute Gasteiger partial charge is 0.403 e. The number of carbonyl (C=O) groups excluding carboxylic acids is 1. The summed E-state index contributed by atoms with van der Waals surface area (Å²) in [6, 6.07) is 3.27. The lowest BCUT2D eigenvalue weighted by atomic mass is 10.1. The van der Waals surface area contributed by atoms with E-state index in [1.807, 2.05) is 4.72 Å². The monoisotopic (exact) mass is 590 g/mol. The van der Waals surface area contributed by atoms with Crippen LogP contribution < -0.4 is 14.8 Å². The molecule has 0 unspecified atom stereocenters. The number of hydrogen-bond donors (Lipinski definition) is 4. The van der Waals surface area contributed by atoms with E-state index in [1.54, 1.807) is 0 Å². The van der Waals surface area contributed by atoms with E-state index in [2.05, 4.69) is 25.1 Å². The average Bonchev–Trinajstić information content (AvgIpc) is 3.45. The maximum absolute atomic E-state index is 13.7. The third kappa shape index (κ3) is 6.89. The van der Waals surface area contributed by atoms with E-state index in [-0.39, 0.29) is 35.6 Å². The fourth-order valence-corrected chi connectivity index (χ4v) is 4.58. The number of benzene rings is 1. The van der Waals surface area contributed by atoms with Gasteiger partial charge in [-0.15, -0.1) is 13.2 Å². The van der Waals surface area contributed by atoms with E-state index < -0.39 is 58.4 Å². The molecule has 4 N–H and O–H groups in total. The molecule has 2 aromatic heterocycles. The first-order valence-electron chi connectivity index (χ1n) is 11.4. The van der Waals surface area contributed by atoms with E-state index in [9.17, 15) is 41.0 Å². The molecule has 3 aromatic rings. The molecular weight excluding hydrogens is 568 g/mol. The van der Waals surface area contributed by atoms with Gasteiger partial charge in [-0.25, -0.2) is 14.4 Å². The zero-order valence-electron chi connectivity index (χ0n) is 20.4. The van der Waals surface area contributed by atoms with Crippen molar-refractivity contribution in [2.75, 3.05) is 12.4 Å². The van der Waals surface area contributed by atoms with Gasteiger partial charge in [-0.3, -0.25) is 13.7 Å². The average molecular weight is 591 g/mol. The topological polar surface area (TPSA) is 178 Å².